The zero-order valence-electron chi connectivity index (χ0n) is 11.0. The molecule has 0 aliphatic heterocycles. The maximum atomic E-state index is 11.4. The van der Waals surface area contributed by atoms with E-state index in [1.54, 1.807) is 35.6 Å². The minimum absolute atomic E-state index is 0.237. The summed E-state index contributed by atoms with van der Waals surface area (Å²) >= 11 is 8.19. The number of rotatable bonds is 3. The molecule has 1 aromatic heterocycles. The van der Waals surface area contributed by atoms with Gasteiger partial charge in [-0.2, -0.15) is 0 Å². The van der Waals surface area contributed by atoms with Crippen molar-refractivity contribution in [1.82, 2.24) is 0 Å². The smallest absolute Gasteiger partial charge is 0.175 e. The van der Waals surface area contributed by atoms with E-state index in [2.05, 4.69) is 13.0 Å². The monoisotopic (exact) mass is 314 g/mol. The maximum absolute atomic E-state index is 11.4. The molecule has 2 rings (SSSR count). The normalized spacial score (nSPS) is 13.5. The molecular formula is C14H15ClO2S2. The van der Waals surface area contributed by atoms with E-state index in [0.717, 1.165) is 11.1 Å². The van der Waals surface area contributed by atoms with Crippen LogP contribution in [0.2, 0.25) is 0 Å². The van der Waals surface area contributed by atoms with E-state index in [0.29, 0.717) is 4.90 Å². The number of sulfone groups is 1. The minimum Gasteiger partial charge on any atom is -0.224 e. The summed E-state index contributed by atoms with van der Waals surface area (Å²) in [5.41, 5.74) is 2.01. The second kappa shape index (κ2) is 5.27. The first-order valence-electron chi connectivity index (χ1n) is 5.80. The highest BCUT2D eigenvalue weighted by Gasteiger charge is 2.16. The summed E-state index contributed by atoms with van der Waals surface area (Å²) in [6, 6.07) is 8.85. The molecule has 0 saturated heterocycles. The van der Waals surface area contributed by atoms with Crippen LogP contribution in [0.25, 0.3) is 0 Å². The topological polar surface area (TPSA) is 34.1 Å². The summed E-state index contributed by atoms with van der Waals surface area (Å²) in [7, 11) is -3.15. The van der Waals surface area contributed by atoms with Gasteiger partial charge in [0.2, 0.25) is 0 Å². The van der Waals surface area contributed by atoms with Crippen molar-refractivity contribution in [2.75, 3.05) is 6.26 Å². The van der Waals surface area contributed by atoms with Gasteiger partial charge in [-0.25, -0.2) is 8.42 Å². The Morgan fingerprint density at radius 3 is 2.16 bits per heavy atom. The van der Waals surface area contributed by atoms with Crippen LogP contribution in [-0.2, 0) is 9.84 Å². The van der Waals surface area contributed by atoms with E-state index in [-0.39, 0.29) is 5.38 Å². The number of hydrogen-bond acceptors (Lipinski definition) is 3. The highest BCUT2D eigenvalue weighted by molar-refractivity contribution is 7.90. The average Bonchev–Trinajstić information content (AvgIpc) is 2.66. The summed E-state index contributed by atoms with van der Waals surface area (Å²) in [6.07, 6.45) is 1.20. The molecule has 1 aromatic carbocycles. The van der Waals surface area contributed by atoms with Gasteiger partial charge in [0.25, 0.3) is 0 Å². The summed E-state index contributed by atoms with van der Waals surface area (Å²) in [6.45, 7) is 4.10. The van der Waals surface area contributed by atoms with Gasteiger partial charge in [-0.05, 0) is 43.2 Å². The lowest BCUT2D eigenvalue weighted by Gasteiger charge is -2.10. The molecule has 0 radical (unpaired) electrons. The third kappa shape index (κ3) is 3.19. The lowest BCUT2D eigenvalue weighted by atomic mass is 10.1. The molecule has 0 fully saturated rings. The van der Waals surface area contributed by atoms with Crippen molar-refractivity contribution < 1.29 is 8.42 Å². The van der Waals surface area contributed by atoms with Gasteiger partial charge in [0.15, 0.2) is 9.84 Å². The van der Waals surface area contributed by atoms with Crippen molar-refractivity contribution >= 4 is 32.8 Å². The van der Waals surface area contributed by atoms with Gasteiger partial charge in [0.05, 0.1) is 10.3 Å². The van der Waals surface area contributed by atoms with E-state index in [1.165, 1.54) is 16.0 Å². The Labute approximate surface area is 123 Å². The standard InChI is InChI=1S/C14H15ClO2S2/c1-9-8-13(10(2)18-9)14(15)11-4-6-12(7-5-11)19(3,16)17/h4-8,14H,1-3H3. The minimum atomic E-state index is -3.15. The molecule has 1 heterocycles. The third-order valence-electron chi connectivity index (χ3n) is 2.95. The van der Waals surface area contributed by atoms with E-state index in [4.69, 9.17) is 11.6 Å². The van der Waals surface area contributed by atoms with Gasteiger partial charge in [-0.1, -0.05) is 12.1 Å². The van der Waals surface area contributed by atoms with Crippen LogP contribution < -0.4 is 0 Å². The maximum Gasteiger partial charge on any atom is 0.175 e. The first kappa shape index (κ1) is 14.6. The van der Waals surface area contributed by atoms with Crippen LogP contribution in [-0.4, -0.2) is 14.7 Å². The van der Waals surface area contributed by atoms with E-state index in [1.807, 2.05) is 6.92 Å². The summed E-state index contributed by atoms with van der Waals surface area (Å²) in [5, 5.41) is -0.237. The number of aryl methyl sites for hydroxylation is 2. The molecule has 0 N–H and O–H groups in total. The number of halogens is 1. The number of alkyl halides is 1. The fourth-order valence-electron chi connectivity index (χ4n) is 1.97. The molecule has 0 aliphatic carbocycles. The molecular weight excluding hydrogens is 300 g/mol. The van der Waals surface area contributed by atoms with Crippen molar-refractivity contribution in [2.45, 2.75) is 24.1 Å². The zero-order valence-corrected chi connectivity index (χ0v) is 13.4. The van der Waals surface area contributed by atoms with E-state index >= 15 is 0 Å². The van der Waals surface area contributed by atoms with Crippen LogP contribution in [0.4, 0.5) is 0 Å². The van der Waals surface area contributed by atoms with Crippen molar-refractivity contribution in [3.8, 4) is 0 Å². The molecule has 0 spiro atoms. The SMILES string of the molecule is Cc1cc(C(Cl)c2ccc(S(C)(=O)=O)cc2)c(C)s1. The summed E-state index contributed by atoms with van der Waals surface area (Å²) in [5.74, 6) is 0. The second-order valence-electron chi connectivity index (χ2n) is 4.57. The lowest BCUT2D eigenvalue weighted by Crippen LogP contribution is -1.98. The van der Waals surface area contributed by atoms with Crippen molar-refractivity contribution in [1.29, 1.82) is 0 Å². The number of benzene rings is 1. The fraction of sp³-hybridized carbons (Fsp3) is 0.286. The largest absolute Gasteiger partial charge is 0.224 e. The molecule has 2 aromatic rings. The Morgan fingerprint density at radius 2 is 1.74 bits per heavy atom. The Morgan fingerprint density at radius 1 is 1.16 bits per heavy atom. The molecule has 1 atom stereocenters. The van der Waals surface area contributed by atoms with Crippen molar-refractivity contribution in [2.24, 2.45) is 0 Å². The quantitative estimate of drug-likeness (QED) is 0.799. The van der Waals surface area contributed by atoms with Crippen LogP contribution >= 0.6 is 22.9 Å². The Kier molecular flexibility index (Phi) is 4.04. The zero-order chi connectivity index (χ0) is 14.2. The van der Waals surface area contributed by atoms with Gasteiger partial charge >= 0.3 is 0 Å². The predicted octanol–water partition coefficient (Wildman–Crippen LogP) is 4.10. The van der Waals surface area contributed by atoms with Crippen LogP contribution in [0.1, 0.15) is 26.3 Å². The summed E-state index contributed by atoms with van der Waals surface area (Å²) < 4.78 is 22.8. The van der Waals surface area contributed by atoms with Crippen LogP contribution in [0.5, 0.6) is 0 Å². The van der Waals surface area contributed by atoms with Crippen LogP contribution in [0.3, 0.4) is 0 Å². The van der Waals surface area contributed by atoms with E-state index in [9.17, 15) is 8.42 Å². The van der Waals surface area contributed by atoms with Crippen LogP contribution in [0, 0.1) is 13.8 Å². The molecule has 2 nitrogen and oxygen atoms in total. The average molecular weight is 315 g/mol. The molecule has 0 saturated carbocycles. The van der Waals surface area contributed by atoms with Gasteiger partial charge < -0.3 is 0 Å². The molecule has 0 bridgehead atoms. The van der Waals surface area contributed by atoms with Gasteiger partial charge in [0.1, 0.15) is 0 Å². The van der Waals surface area contributed by atoms with Crippen molar-refractivity contribution in [3.05, 3.63) is 51.2 Å². The Bertz CT molecular complexity index is 685. The Balaban J connectivity index is 2.35. The number of thiophene rings is 1. The van der Waals surface area contributed by atoms with Crippen molar-refractivity contribution in [3.63, 3.8) is 0 Å². The lowest BCUT2D eigenvalue weighted by molar-refractivity contribution is 0.602. The van der Waals surface area contributed by atoms with Gasteiger partial charge in [-0.3, -0.25) is 0 Å². The summed E-state index contributed by atoms with van der Waals surface area (Å²) in [4.78, 5) is 2.74. The predicted molar refractivity (Wildman–Crippen MR) is 81.0 cm³/mol. The van der Waals surface area contributed by atoms with Gasteiger partial charge in [-0.15, -0.1) is 22.9 Å². The van der Waals surface area contributed by atoms with Crippen LogP contribution in [0.15, 0.2) is 35.2 Å². The second-order valence-corrected chi connectivity index (χ2v) is 8.48. The highest BCUT2D eigenvalue weighted by Crippen LogP contribution is 2.35. The molecule has 0 amide bonds. The fourth-order valence-corrected chi connectivity index (χ4v) is 4.00. The Hall–Kier alpha value is -0.840. The molecule has 1 unspecified atom stereocenters. The molecule has 102 valence electrons. The molecule has 19 heavy (non-hydrogen) atoms. The third-order valence-corrected chi connectivity index (χ3v) is 5.55. The van der Waals surface area contributed by atoms with E-state index < -0.39 is 9.84 Å². The first-order valence-corrected chi connectivity index (χ1v) is 8.94. The highest BCUT2D eigenvalue weighted by atomic mass is 35.5. The number of hydrogen-bond donors (Lipinski definition) is 0. The molecule has 5 heteroatoms. The molecule has 0 aliphatic rings. The first-order chi connectivity index (χ1) is 8.79. The van der Waals surface area contributed by atoms with Gasteiger partial charge in [0, 0.05) is 16.0 Å².